The quantitative estimate of drug-likeness (QED) is 0.761. The first-order chi connectivity index (χ1) is 8.58. The maximum Gasteiger partial charge on any atom is 0.253 e. The lowest BCUT2D eigenvalue weighted by Gasteiger charge is -2.30. The summed E-state index contributed by atoms with van der Waals surface area (Å²) in [7, 11) is 0. The number of halogens is 1. The predicted octanol–water partition coefficient (Wildman–Crippen LogP) is 3.81. The van der Waals surface area contributed by atoms with E-state index in [0.717, 1.165) is 31.5 Å². The van der Waals surface area contributed by atoms with Crippen molar-refractivity contribution in [2.24, 2.45) is 0 Å². The van der Waals surface area contributed by atoms with Crippen LogP contribution in [0.2, 0.25) is 0 Å². The fourth-order valence-electron chi connectivity index (χ4n) is 2.30. The molecular weight excluding hydrogens is 290 g/mol. The summed E-state index contributed by atoms with van der Waals surface area (Å²) in [5.74, 6) is 0.672. The molecule has 1 aromatic rings. The molecule has 18 heavy (non-hydrogen) atoms. The minimum atomic E-state index is 0.162. The molecule has 2 nitrogen and oxygen atoms in total. The minimum absolute atomic E-state index is 0.162. The van der Waals surface area contributed by atoms with Crippen molar-refractivity contribution in [1.82, 2.24) is 4.90 Å². The van der Waals surface area contributed by atoms with Gasteiger partial charge in [-0.15, -0.1) is 0 Å². The molecule has 0 N–H and O–H groups in total. The Labute approximate surface area is 117 Å². The number of piperidine rings is 1. The third-order valence-corrected chi connectivity index (χ3v) is 4.22. The Morgan fingerprint density at radius 1 is 1.33 bits per heavy atom. The summed E-state index contributed by atoms with van der Waals surface area (Å²) >= 11 is 3.61. The standard InChI is InChI=1S/C15H20BrNO/c1-11(2)12-5-7-13(8-6-12)15(18)17-9-3-4-14(16)10-17/h5-8,11,14H,3-4,9-10H2,1-2H3. The Morgan fingerprint density at radius 3 is 2.56 bits per heavy atom. The van der Waals surface area contributed by atoms with E-state index in [1.807, 2.05) is 17.0 Å². The molecule has 0 radical (unpaired) electrons. The van der Waals surface area contributed by atoms with E-state index in [1.165, 1.54) is 5.56 Å². The first-order valence-electron chi connectivity index (χ1n) is 6.61. The van der Waals surface area contributed by atoms with Gasteiger partial charge in [0, 0.05) is 23.5 Å². The van der Waals surface area contributed by atoms with Crippen molar-refractivity contribution < 1.29 is 4.79 Å². The Bertz CT molecular complexity index is 413. The maximum absolute atomic E-state index is 12.3. The normalized spacial score (nSPS) is 20.2. The molecule has 1 amide bonds. The molecule has 1 aromatic carbocycles. The van der Waals surface area contributed by atoms with Crippen LogP contribution in [-0.2, 0) is 0 Å². The van der Waals surface area contributed by atoms with Crippen LogP contribution in [0, 0.1) is 0 Å². The lowest BCUT2D eigenvalue weighted by Crippen LogP contribution is -2.40. The van der Waals surface area contributed by atoms with Gasteiger partial charge in [-0.05, 0) is 36.5 Å². The van der Waals surface area contributed by atoms with E-state index < -0.39 is 0 Å². The van der Waals surface area contributed by atoms with E-state index in [2.05, 4.69) is 41.9 Å². The number of likely N-dealkylation sites (tertiary alicyclic amines) is 1. The number of amides is 1. The molecule has 0 saturated carbocycles. The number of hydrogen-bond donors (Lipinski definition) is 0. The second-order valence-electron chi connectivity index (χ2n) is 5.27. The van der Waals surface area contributed by atoms with Crippen molar-refractivity contribution in [2.75, 3.05) is 13.1 Å². The van der Waals surface area contributed by atoms with Gasteiger partial charge in [0.25, 0.3) is 5.91 Å². The highest BCUT2D eigenvalue weighted by Crippen LogP contribution is 2.20. The van der Waals surface area contributed by atoms with Gasteiger partial charge in [-0.25, -0.2) is 0 Å². The molecule has 1 heterocycles. The van der Waals surface area contributed by atoms with Crippen molar-refractivity contribution in [2.45, 2.75) is 37.4 Å². The number of rotatable bonds is 2. The molecule has 98 valence electrons. The summed E-state index contributed by atoms with van der Waals surface area (Å²) in [5.41, 5.74) is 2.09. The Balaban J connectivity index is 2.08. The van der Waals surface area contributed by atoms with Gasteiger partial charge in [0.15, 0.2) is 0 Å². The van der Waals surface area contributed by atoms with Crippen molar-refractivity contribution in [1.29, 1.82) is 0 Å². The second kappa shape index (κ2) is 5.87. The van der Waals surface area contributed by atoms with E-state index in [1.54, 1.807) is 0 Å². The van der Waals surface area contributed by atoms with Gasteiger partial charge in [0.2, 0.25) is 0 Å². The topological polar surface area (TPSA) is 20.3 Å². The fraction of sp³-hybridized carbons (Fsp3) is 0.533. The lowest BCUT2D eigenvalue weighted by molar-refractivity contribution is 0.0730. The largest absolute Gasteiger partial charge is 0.338 e. The molecule has 0 bridgehead atoms. The van der Waals surface area contributed by atoms with Gasteiger partial charge in [0.1, 0.15) is 0 Å². The highest BCUT2D eigenvalue weighted by atomic mass is 79.9. The molecule has 2 rings (SSSR count). The van der Waals surface area contributed by atoms with Gasteiger partial charge in [-0.1, -0.05) is 41.9 Å². The molecule has 1 saturated heterocycles. The van der Waals surface area contributed by atoms with Crippen LogP contribution >= 0.6 is 15.9 Å². The van der Waals surface area contributed by atoms with E-state index in [9.17, 15) is 4.79 Å². The predicted molar refractivity (Wildman–Crippen MR) is 78.4 cm³/mol. The van der Waals surface area contributed by atoms with Crippen molar-refractivity contribution >= 4 is 21.8 Å². The van der Waals surface area contributed by atoms with Crippen LogP contribution in [0.1, 0.15) is 48.5 Å². The summed E-state index contributed by atoms with van der Waals surface area (Å²) in [4.78, 5) is 14.7. The first kappa shape index (κ1) is 13.6. The summed E-state index contributed by atoms with van der Waals surface area (Å²) in [6, 6.07) is 8.03. The summed E-state index contributed by atoms with van der Waals surface area (Å²) in [5, 5.41) is 0. The van der Waals surface area contributed by atoms with Crippen LogP contribution in [0.15, 0.2) is 24.3 Å². The zero-order chi connectivity index (χ0) is 13.1. The van der Waals surface area contributed by atoms with Crippen LogP contribution in [0.5, 0.6) is 0 Å². The van der Waals surface area contributed by atoms with Gasteiger partial charge < -0.3 is 4.90 Å². The van der Waals surface area contributed by atoms with Gasteiger partial charge in [0.05, 0.1) is 0 Å². The SMILES string of the molecule is CC(C)c1ccc(C(=O)N2CCCC(Br)C2)cc1. The molecule has 1 aliphatic heterocycles. The van der Waals surface area contributed by atoms with Crippen molar-refractivity contribution in [3.63, 3.8) is 0 Å². The molecule has 1 fully saturated rings. The van der Waals surface area contributed by atoms with Crippen LogP contribution < -0.4 is 0 Å². The molecule has 1 aliphatic rings. The second-order valence-corrected chi connectivity index (χ2v) is 6.56. The fourth-order valence-corrected chi connectivity index (χ4v) is 2.98. The van der Waals surface area contributed by atoms with Crippen LogP contribution in [-0.4, -0.2) is 28.7 Å². The van der Waals surface area contributed by atoms with E-state index in [0.29, 0.717) is 10.7 Å². The number of alkyl halides is 1. The van der Waals surface area contributed by atoms with E-state index in [-0.39, 0.29) is 5.91 Å². The van der Waals surface area contributed by atoms with Gasteiger partial charge in [-0.2, -0.15) is 0 Å². The summed E-state index contributed by atoms with van der Waals surface area (Å²) < 4.78 is 0. The highest BCUT2D eigenvalue weighted by molar-refractivity contribution is 9.09. The highest BCUT2D eigenvalue weighted by Gasteiger charge is 2.22. The number of carbonyl (C=O) groups is 1. The molecule has 0 aliphatic carbocycles. The van der Waals surface area contributed by atoms with Gasteiger partial charge in [-0.3, -0.25) is 4.79 Å². The van der Waals surface area contributed by atoms with Crippen molar-refractivity contribution in [3.05, 3.63) is 35.4 Å². The first-order valence-corrected chi connectivity index (χ1v) is 7.53. The minimum Gasteiger partial charge on any atom is -0.338 e. The average molecular weight is 310 g/mol. The monoisotopic (exact) mass is 309 g/mol. The summed E-state index contributed by atoms with van der Waals surface area (Å²) in [6.07, 6.45) is 2.25. The molecule has 0 spiro atoms. The molecule has 1 atom stereocenters. The maximum atomic E-state index is 12.3. The molecular formula is C15H20BrNO. The van der Waals surface area contributed by atoms with Crippen LogP contribution in [0.4, 0.5) is 0 Å². The van der Waals surface area contributed by atoms with Crippen molar-refractivity contribution in [3.8, 4) is 0 Å². The number of nitrogens with zero attached hydrogens (tertiary/aromatic N) is 1. The smallest absolute Gasteiger partial charge is 0.253 e. The number of hydrogen-bond acceptors (Lipinski definition) is 1. The molecule has 3 heteroatoms. The van der Waals surface area contributed by atoms with Crippen LogP contribution in [0.25, 0.3) is 0 Å². The number of carbonyl (C=O) groups excluding carboxylic acids is 1. The van der Waals surface area contributed by atoms with Crippen LogP contribution in [0.3, 0.4) is 0 Å². The van der Waals surface area contributed by atoms with E-state index >= 15 is 0 Å². The summed E-state index contributed by atoms with van der Waals surface area (Å²) in [6.45, 7) is 6.03. The Hall–Kier alpha value is -0.830. The Kier molecular flexibility index (Phi) is 4.44. The van der Waals surface area contributed by atoms with E-state index in [4.69, 9.17) is 0 Å². The zero-order valence-corrected chi connectivity index (χ0v) is 12.6. The lowest BCUT2D eigenvalue weighted by atomic mass is 10.0. The third-order valence-electron chi connectivity index (χ3n) is 3.48. The zero-order valence-electron chi connectivity index (χ0n) is 11.0. The molecule has 0 aromatic heterocycles. The average Bonchev–Trinajstić information content (AvgIpc) is 2.38. The Morgan fingerprint density at radius 2 is 2.00 bits per heavy atom. The van der Waals surface area contributed by atoms with Gasteiger partial charge >= 0.3 is 0 Å². The number of benzene rings is 1. The molecule has 1 unspecified atom stereocenters. The third kappa shape index (κ3) is 3.14.